The average Bonchev–Trinajstić information content (AvgIpc) is 2.81. The first-order valence-corrected chi connectivity index (χ1v) is 6.45. The van der Waals surface area contributed by atoms with E-state index in [-0.39, 0.29) is 18.6 Å². The standard InChI is InChI=1S/C13H20N2O3/c1-8-10(6-7-13(17)18)9(2)15(14-8)11-4-3-5-12(11)16/h11-12,16H,3-7H2,1-2H3,(H,17,18). The van der Waals surface area contributed by atoms with E-state index in [9.17, 15) is 9.90 Å². The van der Waals surface area contributed by atoms with E-state index in [0.29, 0.717) is 6.42 Å². The molecule has 2 rings (SSSR count). The van der Waals surface area contributed by atoms with Gasteiger partial charge in [-0.1, -0.05) is 0 Å². The number of carboxylic acid groups (broad SMARTS) is 1. The van der Waals surface area contributed by atoms with Crippen molar-refractivity contribution in [2.75, 3.05) is 0 Å². The second kappa shape index (κ2) is 5.10. The van der Waals surface area contributed by atoms with Crippen LogP contribution in [0.2, 0.25) is 0 Å². The number of aromatic nitrogens is 2. The summed E-state index contributed by atoms with van der Waals surface area (Å²) in [7, 11) is 0. The minimum Gasteiger partial charge on any atom is -0.481 e. The highest BCUT2D eigenvalue weighted by Gasteiger charge is 2.29. The second-order valence-corrected chi connectivity index (χ2v) is 5.05. The number of nitrogens with zero attached hydrogens (tertiary/aromatic N) is 2. The van der Waals surface area contributed by atoms with Crippen LogP contribution in [0.3, 0.4) is 0 Å². The van der Waals surface area contributed by atoms with Gasteiger partial charge < -0.3 is 10.2 Å². The fraction of sp³-hybridized carbons (Fsp3) is 0.692. The second-order valence-electron chi connectivity index (χ2n) is 5.05. The van der Waals surface area contributed by atoms with Gasteiger partial charge in [0.25, 0.3) is 0 Å². The number of aryl methyl sites for hydroxylation is 1. The van der Waals surface area contributed by atoms with Gasteiger partial charge in [0.05, 0.1) is 17.8 Å². The highest BCUT2D eigenvalue weighted by Crippen LogP contribution is 2.32. The van der Waals surface area contributed by atoms with Gasteiger partial charge >= 0.3 is 5.97 Å². The summed E-state index contributed by atoms with van der Waals surface area (Å²) in [5.74, 6) is -0.789. The number of hydrogen-bond donors (Lipinski definition) is 2. The van der Waals surface area contributed by atoms with Crippen molar-refractivity contribution in [2.24, 2.45) is 0 Å². The third kappa shape index (κ3) is 2.41. The molecule has 0 bridgehead atoms. The maximum absolute atomic E-state index is 10.6. The summed E-state index contributed by atoms with van der Waals surface area (Å²) >= 11 is 0. The lowest BCUT2D eigenvalue weighted by Crippen LogP contribution is -2.20. The van der Waals surface area contributed by atoms with E-state index in [4.69, 9.17) is 5.11 Å². The molecule has 0 radical (unpaired) electrons. The van der Waals surface area contributed by atoms with Crippen LogP contribution in [0.4, 0.5) is 0 Å². The summed E-state index contributed by atoms with van der Waals surface area (Å²) in [5.41, 5.74) is 2.89. The number of carboxylic acids is 1. The Kier molecular flexibility index (Phi) is 3.71. The van der Waals surface area contributed by atoms with E-state index in [1.54, 1.807) is 0 Å². The topological polar surface area (TPSA) is 75.3 Å². The van der Waals surface area contributed by atoms with Gasteiger partial charge in [0.1, 0.15) is 0 Å². The van der Waals surface area contributed by atoms with Crippen LogP contribution < -0.4 is 0 Å². The van der Waals surface area contributed by atoms with Crippen LogP contribution in [0, 0.1) is 13.8 Å². The summed E-state index contributed by atoms with van der Waals surface area (Å²) < 4.78 is 1.89. The van der Waals surface area contributed by atoms with E-state index in [1.807, 2.05) is 18.5 Å². The van der Waals surface area contributed by atoms with E-state index in [0.717, 1.165) is 36.2 Å². The summed E-state index contributed by atoms with van der Waals surface area (Å²) in [6.45, 7) is 3.87. The molecule has 1 saturated carbocycles. The molecule has 2 N–H and O–H groups in total. The van der Waals surface area contributed by atoms with Gasteiger partial charge in [-0.25, -0.2) is 0 Å². The van der Waals surface area contributed by atoms with Crippen molar-refractivity contribution in [3.63, 3.8) is 0 Å². The molecule has 0 aromatic carbocycles. The smallest absolute Gasteiger partial charge is 0.303 e. The number of hydrogen-bond acceptors (Lipinski definition) is 3. The van der Waals surface area contributed by atoms with Gasteiger partial charge in [-0.15, -0.1) is 0 Å². The van der Waals surface area contributed by atoms with Crippen molar-refractivity contribution >= 4 is 5.97 Å². The molecule has 0 spiro atoms. The zero-order valence-electron chi connectivity index (χ0n) is 10.9. The first-order valence-electron chi connectivity index (χ1n) is 6.45. The normalized spacial score (nSPS) is 23.5. The molecule has 1 aromatic rings. The number of aliphatic hydroxyl groups excluding tert-OH is 1. The van der Waals surface area contributed by atoms with Crippen LogP contribution in [0.25, 0.3) is 0 Å². The maximum atomic E-state index is 10.6. The van der Waals surface area contributed by atoms with Gasteiger partial charge in [-0.2, -0.15) is 5.10 Å². The van der Waals surface area contributed by atoms with Crippen LogP contribution in [-0.4, -0.2) is 32.1 Å². The minimum absolute atomic E-state index is 0.0577. The van der Waals surface area contributed by atoms with Crippen molar-refractivity contribution in [3.05, 3.63) is 17.0 Å². The van der Waals surface area contributed by atoms with Gasteiger partial charge in [-0.05, 0) is 45.1 Å². The third-order valence-electron chi connectivity index (χ3n) is 3.82. The van der Waals surface area contributed by atoms with E-state index in [1.165, 1.54) is 0 Å². The molecule has 0 amide bonds. The monoisotopic (exact) mass is 252 g/mol. The molecule has 1 aliphatic carbocycles. The molecule has 0 saturated heterocycles. The lowest BCUT2D eigenvalue weighted by Gasteiger charge is -2.17. The van der Waals surface area contributed by atoms with E-state index >= 15 is 0 Å². The minimum atomic E-state index is -0.789. The zero-order chi connectivity index (χ0) is 13.3. The molecule has 1 aliphatic rings. The Morgan fingerprint density at radius 2 is 2.17 bits per heavy atom. The fourth-order valence-corrected chi connectivity index (χ4v) is 2.82. The molecule has 2 unspecified atom stereocenters. The summed E-state index contributed by atoms with van der Waals surface area (Å²) in [6, 6.07) is 0.0577. The van der Waals surface area contributed by atoms with Crippen LogP contribution in [0.1, 0.15) is 48.7 Å². The zero-order valence-corrected chi connectivity index (χ0v) is 10.9. The largest absolute Gasteiger partial charge is 0.481 e. The Morgan fingerprint density at radius 1 is 1.44 bits per heavy atom. The quantitative estimate of drug-likeness (QED) is 0.853. The van der Waals surface area contributed by atoms with Crippen LogP contribution in [-0.2, 0) is 11.2 Å². The van der Waals surface area contributed by atoms with E-state index in [2.05, 4.69) is 5.10 Å². The fourth-order valence-electron chi connectivity index (χ4n) is 2.82. The number of aliphatic hydroxyl groups is 1. The molecule has 1 fully saturated rings. The Labute approximate surface area is 106 Å². The molecule has 1 aromatic heterocycles. The van der Waals surface area contributed by atoms with Gasteiger partial charge in [-0.3, -0.25) is 9.48 Å². The first kappa shape index (κ1) is 13.1. The first-order chi connectivity index (χ1) is 8.50. The van der Waals surface area contributed by atoms with Crippen molar-refractivity contribution in [1.82, 2.24) is 9.78 Å². The van der Waals surface area contributed by atoms with Gasteiger partial charge in [0.2, 0.25) is 0 Å². The van der Waals surface area contributed by atoms with Crippen LogP contribution in [0.5, 0.6) is 0 Å². The average molecular weight is 252 g/mol. The molecule has 5 nitrogen and oxygen atoms in total. The van der Waals surface area contributed by atoms with Crippen molar-refractivity contribution < 1.29 is 15.0 Å². The number of rotatable bonds is 4. The summed E-state index contributed by atoms with van der Waals surface area (Å²) in [6.07, 6.45) is 3.11. The third-order valence-corrected chi connectivity index (χ3v) is 3.82. The van der Waals surface area contributed by atoms with Gasteiger partial charge in [0.15, 0.2) is 0 Å². The Morgan fingerprint density at radius 3 is 2.72 bits per heavy atom. The predicted octanol–water partition coefficient (Wildman–Crippen LogP) is 1.60. The molecule has 5 heteroatoms. The van der Waals surface area contributed by atoms with Crippen molar-refractivity contribution in [3.8, 4) is 0 Å². The van der Waals surface area contributed by atoms with E-state index < -0.39 is 5.97 Å². The number of aliphatic carboxylic acids is 1. The summed E-state index contributed by atoms with van der Waals surface area (Å²) in [4.78, 5) is 10.6. The molecule has 0 aliphatic heterocycles. The Hall–Kier alpha value is -1.36. The van der Waals surface area contributed by atoms with Crippen LogP contribution in [0.15, 0.2) is 0 Å². The highest BCUT2D eigenvalue weighted by molar-refractivity contribution is 5.67. The van der Waals surface area contributed by atoms with Crippen molar-refractivity contribution in [1.29, 1.82) is 0 Å². The lowest BCUT2D eigenvalue weighted by atomic mass is 10.1. The SMILES string of the molecule is Cc1nn(C2CCCC2O)c(C)c1CCC(=O)O. The molecule has 2 atom stereocenters. The van der Waals surface area contributed by atoms with Crippen molar-refractivity contribution in [2.45, 2.75) is 58.1 Å². The van der Waals surface area contributed by atoms with Gasteiger partial charge in [0, 0.05) is 12.1 Å². The molecular weight excluding hydrogens is 232 g/mol. The van der Waals surface area contributed by atoms with Crippen LogP contribution >= 0.6 is 0 Å². The predicted molar refractivity (Wildman–Crippen MR) is 66.6 cm³/mol. The molecule has 18 heavy (non-hydrogen) atoms. The number of carbonyl (C=O) groups is 1. The lowest BCUT2D eigenvalue weighted by molar-refractivity contribution is -0.136. The highest BCUT2D eigenvalue weighted by atomic mass is 16.4. The Balaban J connectivity index is 2.22. The maximum Gasteiger partial charge on any atom is 0.303 e. The molecule has 1 heterocycles. The Bertz CT molecular complexity index is 453. The summed E-state index contributed by atoms with van der Waals surface area (Å²) in [5, 5.41) is 23.2. The molecular formula is C13H20N2O3. The molecule has 100 valence electrons.